The zero-order chi connectivity index (χ0) is 31.4. The molecule has 222 valence electrons. The Morgan fingerprint density at radius 2 is 1.39 bits per heavy atom. The van der Waals surface area contributed by atoms with Gasteiger partial charge in [0.15, 0.2) is 11.6 Å². The first kappa shape index (κ1) is 26.7. The Morgan fingerprint density at radius 3 is 2.13 bits per heavy atom. The third-order valence-electron chi connectivity index (χ3n) is 7.34. The van der Waals surface area contributed by atoms with Crippen molar-refractivity contribution in [1.29, 1.82) is 0 Å². The van der Waals surface area contributed by atoms with Crippen molar-refractivity contribution in [3.63, 3.8) is 0 Å². The van der Waals surface area contributed by atoms with Crippen LogP contribution in [0, 0.1) is 0 Å². The molecule has 0 saturated heterocycles. The van der Waals surface area contributed by atoms with Gasteiger partial charge in [0.25, 0.3) is 0 Å². The molecule has 8 rings (SSSR count). The molecule has 0 fully saturated rings. The van der Waals surface area contributed by atoms with E-state index in [4.69, 9.17) is 14.6 Å². The third-order valence-corrected chi connectivity index (χ3v) is 7.34. The van der Waals surface area contributed by atoms with Gasteiger partial charge in [-0.15, -0.1) is 0 Å². The average molecular weight is 610 g/mol. The number of phenols is 1. The number of nitrogens with zero attached hydrogens (tertiary/aromatic N) is 8. The van der Waals surface area contributed by atoms with Crippen molar-refractivity contribution < 1.29 is 13.9 Å². The second-order valence-electron chi connectivity index (χ2n) is 10.2. The van der Waals surface area contributed by atoms with E-state index in [0.29, 0.717) is 33.9 Å². The summed E-state index contributed by atoms with van der Waals surface area (Å²) in [5.41, 5.74) is 7.61. The average Bonchev–Trinajstić information content (AvgIpc) is 3.80. The summed E-state index contributed by atoms with van der Waals surface area (Å²) in [5, 5.41) is 10.3. The molecule has 3 N–H and O–H groups in total. The number of nitrogen functional groups attached to an aromatic ring is 1. The molecule has 0 aliphatic heterocycles. The van der Waals surface area contributed by atoms with Gasteiger partial charge in [-0.25, -0.2) is 39.5 Å². The van der Waals surface area contributed by atoms with E-state index in [0.717, 1.165) is 0 Å². The summed E-state index contributed by atoms with van der Waals surface area (Å²) in [5.74, 6) is 0.638. The fraction of sp³-hybridized carbons (Fsp3) is 0. The fourth-order valence-corrected chi connectivity index (χ4v) is 5.25. The van der Waals surface area contributed by atoms with Gasteiger partial charge in [0.2, 0.25) is 11.8 Å². The number of benzene rings is 2. The van der Waals surface area contributed by atoms with Crippen molar-refractivity contribution >= 4 is 27.5 Å². The van der Waals surface area contributed by atoms with Crippen LogP contribution in [0.15, 0.2) is 117 Å². The van der Waals surface area contributed by atoms with Crippen LogP contribution in [-0.2, 0) is 0 Å². The number of aromatic hydroxyl groups is 1. The molecule has 6 heterocycles. The summed E-state index contributed by atoms with van der Waals surface area (Å²) < 4.78 is 14.5. The highest BCUT2D eigenvalue weighted by Crippen LogP contribution is 2.34. The van der Waals surface area contributed by atoms with E-state index in [1.165, 1.54) is 6.07 Å². The maximum absolute atomic E-state index is 13.2. The molecular formula is C32H19N9O5. The lowest BCUT2D eigenvalue weighted by Gasteiger charge is -2.12. The quantitative estimate of drug-likeness (QED) is 0.265. The number of anilines is 1. The largest absolute Gasteiger partial charge is 0.507 e. The molecule has 6 aromatic heterocycles. The van der Waals surface area contributed by atoms with Crippen LogP contribution in [0.3, 0.4) is 0 Å². The van der Waals surface area contributed by atoms with Crippen molar-refractivity contribution in [2.75, 3.05) is 5.73 Å². The van der Waals surface area contributed by atoms with E-state index in [1.54, 1.807) is 101 Å². The number of rotatable bonds is 5. The van der Waals surface area contributed by atoms with Gasteiger partial charge < -0.3 is 19.7 Å². The van der Waals surface area contributed by atoms with Crippen molar-refractivity contribution in [2.24, 2.45) is 0 Å². The lowest BCUT2D eigenvalue weighted by molar-refractivity contribution is 0.472. The van der Waals surface area contributed by atoms with Crippen molar-refractivity contribution in [1.82, 2.24) is 39.0 Å². The van der Waals surface area contributed by atoms with Crippen molar-refractivity contribution in [3.8, 4) is 51.4 Å². The highest BCUT2D eigenvalue weighted by atomic mass is 16.4. The van der Waals surface area contributed by atoms with Gasteiger partial charge in [0.05, 0.1) is 22.2 Å². The molecule has 0 aliphatic rings. The second-order valence-corrected chi connectivity index (χ2v) is 10.2. The van der Waals surface area contributed by atoms with Gasteiger partial charge in [-0.3, -0.25) is 9.13 Å². The number of nitrogens with two attached hydrogens (primary N) is 1. The molecule has 0 atom stereocenters. The molecule has 0 radical (unpaired) electrons. The Balaban J connectivity index is 1.32. The molecule has 2 aromatic carbocycles. The molecule has 0 unspecified atom stereocenters. The van der Waals surface area contributed by atoms with Gasteiger partial charge in [-0.1, -0.05) is 6.07 Å². The number of aromatic nitrogens is 8. The van der Waals surface area contributed by atoms with E-state index in [-0.39, 0.29) is 45.0 Å². The van der Waals surface area contributed by atoms with E-state index >= 15 is 0 Å². The van der Waals surface area contributed by atoms with Gasteiger partial charge in [-0.2, -0.15) is 0 Å². The van der Waals surface area contributed by atoms with E-state index in [9.17, 15) is 14.7 Å². The first-order valence-electron chi connectivity index (χ1n) is 13.7. The number of pyridine rings is 2. The van der Waals surface area contributed by atoms with E-state index < -0.39 is 11.3 Å². The monoisotopic (exact) mass is 609 g/mol. The molecule has 0 bridgehead atoms. The van der Waals surface area contributed by atoms with Crippen LogP contribution in [0.2, 0.25) is 0 Å². The lowest BCUT2D eigenvalue weighted by atomic mass is 10.0. The van der Waals surface area contributed by atoms with Crippen LogP contribution < -0.4 is 17.0 Å². The van der Waals surface area contributed by atoms with Gasteiger partial charge in [0, 0.05) is 48.4 Å². The van der Waals surface area contributed by atoms with Crippen LogP contribution in [0.25, 0.3) is 67.5 Å². The molecule has 14 nitrogen and oxygen atoms in total. The Bertz CT molecular complexity index is 2560. The highest BCUT2D eigenvalue weighted by molar-refractivity contribution is 5.95. The van der Waals surface area contributed by atoms with E-state index in [1.807, 2.05) is 0 Å². The molecule has 0 spiro atoms. The molecular weight excluding hydrogens is 590 g/mol. The number of hydrogen-bond acceptors (Lipinski definition) is 12. The Kier molecular flexibility index (Phi) is 5.99. The molecule has 0 amide bonds. The maximum Gasteiger partial charge on any atom is 0.350 e. The topological polar surface area (TPSA) is 194 Å². The van der Waals surface area contributed by atoms with Gasteiger partial charge in [0.1, 0.15) is 29.2 Å². The third kappa shape index (κ3) is 4.36. The maximum atomic E-state index is 13.2. The minimum absolute atomic E-state index is 0.0282. The summed E-state index contributed by atoms with van der Waals surface area (Å²) in [7, 11) is 0. The SMILES string of the molecule is Nc1cc(-c2cnc(-n3ccnc3)c(-c3nc4cccc(O)c4c(=O)o3)c2)cc2nc(-c3cccnc3-n3ccnc3)oc(=O)c12. The van der Waals surface area contributed by atoms with Crippen LogP contribution in [0.4, 0.5) is 5.69 Å². The van der Waals surface area contributed by atoms with Gasteiger partial charge in [-0.05, 0) is 48.0 Å². The minimum atomic E-state index is -0.760. The van der Waals surface area contributed by atoms with Crippen LogP contribution >= 0.6 is 0 Å². The Morgan fingerprint density at radius 1 is 0.696 bits per heavy atom. The zero-order valence-corrected chi connectivity index (χ0v) is 23.5. The summed E-state index contributed by atoms with van der Waals surface area (Å²) in [6.07, 6.45) is 12.9. The van der Waals surface area contributed by atoms with Crippen molar-refractivity contribution in [2.45, 2.75) is 0 Å². The Labute approximate surface area is 256 Å². The van der Waals surface area contributed by atoms with Crippen LogP contribution in [-0.4, -0.2) is 44.1 Å². The molecule has 0 aliphatic carbocycles. The second kappa shape index (κ2) is 10.3. The minimum Gasteiger partial charge on any atom is -0.507 e. The highest BCUT2D eigenvalue weighted by Gasteiger charge is 2.20. The molecule has 0 saturated carbocycles. The summed E-state index contributed by atoms with van der Waals surface area (Å²) in [6.45, 7) is 0. The normalized spacial score (nSPS) is 11.4. The first-order chi connectivity index (χ1) is 22.4. The zero-order valence-electron chi connectivity index (χ0n) is 23.5. The van der Waals surface area contributed by atoms with Crippen molar-refractivity contribution in [3.05, 3.63) is 119 Å². The van der Waals surface area contributed by atoms with Crippen LogP contribution in [0.5, 0.6) is 5.75 Å². The fourth-order valence-electron chi connectivity index (χ4n) is 5.25. The molecule has 8 aromatic rings. The van der Waals surface area contributed by atoms with Gasteiger partial charge >= 0.3 is 11.3 Å². The summed E-state index contributed by atoms with van der Waals surface area (Å²) >= 11 is 0. The standard InChI is InChI=1S/C32H19N9O5/c33-21-12-17(13-23-25(21)31(43)45-29(39-23)19-3-2-6-36-27(19)40-9-7-34-15-40)18-11-20(28(37-14-18)41-10-8-35-16-41)30-38-22-4-1-5-24(42)26(22)32(44)46-30/h1-16,42H,33H2. The summed E-state index contributed by atoms with van der Waals surface area (Å²) in [6, 6.07) is 13.1. The number of hydrogen-bond donors (Lipinski definition) is 2. The predicted molar refractivity (Wildman–Crippen MR) is 166 cm³/mol. The first-order valence-corrected chi connectivity index (χ1v) is 13.7. The van der Waals surface area contributed by atoms with Crippen LogP contribution in [0.1, 0.15) is 0 Å². The smallest absolute Gasteiger partial charge is 0.350 e. The predicted octanol–water partition coefficient (Wildman–Crippen LogP) is 4.14. The van der Waals surface area contributed by atoms with E-state index in [2.05, 4.69) is 29.9 Å². The summed E-state index contributed by atoms with van der Waals surface area (Å²) in [4.78, 5) is 52.6. The molecule has 14 heteroatoms. The number of phenolic OH excluding ortho intramolecular Hbond substituents is 1. The molecule has 46 heavy (non-hydrogen) atoms. The lowest BCUT2D eigenvalue weighted by Crippen LogP contribution is -2.08. The number of imidazole rings is 2. The Hall–Kier alpha value is -6.96. The number of fused-ring (bicyclic) bond motifs is 2.